The number of carbonyl (C=O) groups is 3. The number of nitrogens with two attached hydrogens (primary N) is 1. The number of anilines is 1. The summed E-state index contributed by atoms with van der Waals surface area (Å²) in [5.41, 5.74) is 4.85. The SMILES string of the molecule is CC(C)(C)OC(=O)c1nc([C@H](NC=O)C(=O)O)c(N)s1. The van der Waals surface area contributed by atoms with E-state index in [0.717, 1.165) is 11.3 Å². The Balaban J connectivity index is 3.05. The molecule has 1 heterocycles. The van der Waals surface area contributed by atoms with Crippen molar-refractivity contribution in [3.05, 3.63) is 10.7 Å². The maximum absolute atomic E-state index is 11.8. The van der Waals surface area contributed by atoms with Crippen LogP contribution in [0.5, 0.6) is 0 Å². The fourth-order valence-corrected chi connectivity index (χ4v) is 2.04. The lowest BCUT2D eigenvalue weighted by atomic mass is 10.2. The van der Waals surface area contributed by atoms with E-state index < -0.39 is 23.6 Å². The number of rotatable bonds is 5. The van der Waals surface area contributed by atoms with Crippen molar-refractivity contribution in [2.24, 2.45) is 0 Å². The normalized spacial score (nSPS) is 12.6. The van der Waals surface area contributed by atoms with Gasteiger partial charge in [0.1, 0.15) is 16.3 Å². The van der Waals surface area contributed by atoms with Crippen LogP contribution in [0, 0.1) is 0 Å². The Hall–Kier alpha value is -2.16. The van der Waals surface area contributed by atoms with Crippen LogP contribution in [0.1, 0.15) is 42.3 Å². The first-order valence-corrected chi connectivity index (χ1v) is 6.39. The van der Waals surface area contributed by atoms with Crippen molar-refractivity contribution in [2.75, 3.05) is 5.73 Å². The van der Waals surface area contributed by atoms with Crippen LogP contribution in [0.15, 0.2) is 0 Å². The predicted octanol–water partition coefficient (Wildman–Crippen LogP) is 0.552. The fraction of sp³-hybridized carbons (Fsp3) is 0.455. The molecule has 110 valence electrons. The van der Waals surface area contributed by atoms with Crippen LogP contribution < -0.4 is 11.1 Å². The van der Waals surface area contributed by atoms with Gasteiger partial charge in [0, 0.05) is 0 Å². The maximum atomic E-state index is 11.8. The van der Waals surface area contributed by atoms with Crippen LogP contribution in [0.3, 0.4) is 0 Å². The number of ether oxygens (including phenoxy) is 1. The molecule has 1 aromatic heterocycles. The van der Waals surface area contributed by atoms with Crippen molar-refractivity contribution in [1.82, 2.24) is 10.3 Å². The number of nitrogens with one attached hydrogen (secondary N) is 1. The molecule has 8 nitrogen and oxygen atoms in total. The Morgan fingerprint density at radius 2 is 2.10 bits per heavy atom. The number of nitrogens with zero attached hydrogens (tertiary/aromatic N) is 1. The Morgan fingerprint density at radius 3 is 2.55 bits per heavy atom. The molecule has 9 heteroatoms. The first-order chi connectivity index (χ1) is 9.15. The van der Waals surface area contributed by atoms with Gasteiger partial charge in [0.15, 0.2) is 6.04 Å². The predicted molar refractivity (Wildman–Crippen MR) is 71.3 cm³/mol. The molecule has 0 aromatic carbocycles. The van der Waals surface area contributed by atoms with Crippen molar-refractivity contribution < 1.29 is 24.2 Å². The Labute approximate surface area is 118 Å². The van der Waals surface area contributed by atoms with Gasteiger partial charge in [-0.05, 0) is 20.8 Å². The van der Waals surface area contributed by atoms with E-state index in [-0.39, 0.29) is 22.1 Å². The Morgan fingerprint density at radius 1 is 1.50 bits per heavy atom. The topological polar surface area (TPSA) is 132 Å². The summed E-state index contributed by atoms with van der Waals surface area (Å²) in [6.45, 7) is 5.07. The number of carboxylic acid groups (broad SMARTS) is 1. The van der Waals surface area contributed by atoms with Gasteiger partial charge >= 0.3 is 11.9 Å². The summed E-state index contributed by atoms with van der Waals surface area (Å²) in [6, 6.07) is -1.40. The van der Waals surface area contributed by atoms with E-state index in [1.54, 1.807) is 20.8 Å². The molecule has 1 amide bonds. The van der Waals surface area contributed by atoms with Gasteiger partial charge in [-0.15, -0.1) is 0 Å². The standard InChI is InChI=1S/C11H15N3O5S/c1-11(2,3)19-10(18)8-14-5(7(12)20-8)6(9(16)17)13-4-15/h4,6H,12H2,1-3H3,(H,13,15)(H,16,17)/t6-/m0/s1. The van der Waals surface area contributed by atoms with E-state index in [4.69, 9.17) is 15.6 Å². The summed E-state index contributed by atoms with van der Waals surface area (Å²) in [4.78, 5) is 37.1. The molecule has 4 N–H and O–H groups in total. The zero-order valence-electron chi connectivity index (χ0n) is 11.2. The van der Waals surface area contributed by atoms with Gasteiger partial charge in [-0.1, -0.05) is 11.3 Å². The second-order valence-corrected chi connectivity index (χ2v) is 5.86. The van der Waals surface area contributed by atoms with E-state index in [1.165, 1.54) is 0 Å². The number of hydrogen-bond donors (Lipinski definition) is 3. The first-order valence-electron chi connectivity index (χ1n) is 5.57. The van der Waals surface area contributed by atoms with Crippen molar-refractivity contribution >= 4 is 34.7 Å². The monoisotopic (exact) mass is 301 g/mol. The summed E-state index contributed by atoms with van der Waals surface area (Å²) >= 11 is 0.808. The van der Waals surface area contributed by atoms with Crippen LogP contribution in [0.25, 0.3) is 0 Å². The average molecular weight is 301 g/mol. The van der Waals surface area contributed by atoms with Crippen LogP contribution in [-0.4, -0.2) is 34.0 Å². The Bertz CT molecular complexity index is 535. The minimum atomic E-state index is -1.40. The van der Waals surface area contributed by atoms with Crippen LogP contribution in [0.2, 0.25) is 0 Å². The summed E-state index contributed by atoms with van der Waals surface area (Å²) in [6.07, 6.45) is 0.227. The molecule has 0 unspecified atom stereocenters. The number of amides is 1. The molecule has 1 rings (SSSR count). The number of carboxylic acids is 1. The van der Waals surface area contributed by atoms with Crippen LogP contribution >= 0.6 is 11.3 Å². The number of nitrogen functional groups attached to an aromatic ring is 1. The maximum Gasteiger partial charge on any atom is 0.368 e. The lowest BCUT2D eigenvalue weighted by molar-refractivity contribution is -0.140. The van der Waals surface area contributed by atoms with Gasteiger partial charge in [-0.25, -0.2) is 14.6 Å². The number of carbonyl (C=O) groups excluding carboxylic acids is 2. The van der Waals surface area contributed by atoms with E-state index in [9.17, 15) is 14.4 Å². The molecule has 0 aliphatic heterocycles. The lowest BCUT2D eigenvalue weighted by Gasteiger charge is -2.18. The van der Waals surface area contributed by atoms with Gasteiger partial charge in [0.25, 0.3) is 0 Å². The first kappa shape index (κ1) is 15.9. The molecule has 0 saturated heterocycles. The summed E-state index contributed by atoms with van der Waals surface area (Å²) < 4.78 is 5.11. The second-order valence-electron chi connectivity index (χ2n) is 4.83. The van der Waals surface area contributed by atoms with Crippen LogP contribution in [0.4, 0.5) is 5.00 Å². The summed E-state index contributed by atoms with van der Waals surface area (Å²) in [7, 11) is 0. The van der Waals surface area contributed by atoms with E-state index >= 15 is 0 Å². The molecule has 0 bridgehead atoms. The van der Waals surface area contributed by atoms with Crippen molar-refractivity contribution in [3.8, 4) is 0 Å². The molecule has 20 heavy (non-hydrogen) atoms. The molecule has 0 radical (unpaired) electrons. The summed E-state index contributed by atoms with van der Waals surface area (Å²) in [5, 5.41) is 11.0. The smallest absolute Gasteiger partial charge is 0.368 e. The minimum Gasteiger partial charge on any atom is -0.479 e. The largest absolute Gasteiger partial charge is 0.479 e. The van der Waals surface area contributed by atoms with Gasteiger partial charge < -0.3 is 20.9 Å². The second kappa shape index (κ2) is 5.87. The van der Waals surface area contributed by atoms with E-state index in [0.29, 0.717) is 0 Å². The number of esters is 1. The number of aliphatic carboxylic acids is 1. The summed E-state index contributed by atoms with van der Waals surface area (Å²) in [5.74, 6) is -2.03. The molecular weight excluding hydrogens is 286 g/mol. The third-order valence-electron chi connectivity index (χ3n) is 2.01. The molecule has 0 fully saturated rings. The van der Waals surface area contributed by atoms with Crippen LogP contribution in [-0.2, 0) is 14.3 Å². The van der Waals surface area contributed by atoms with Gasteiger partial charge in [-0.3, -0.25) is 4.79 Å². The fourth-order valence-electron chi connectivity index (χ4n) is 1.29. The highest BCUT2D eigenvalue weighted by Crippen LogP contribution is 2.28. The number of thiazole rings is 1. The van der Waals surface area contributed by atoms with Crippen molar-refractivity contribution in [1.29, 1.82) is 0 Å². The quantitative estimate of drug-likeness (QED) is 0.534. The van der Waals surface area contributed by atoms with E-state index in [2.05, 4.69) is 10.3 Å². The molecule has 0 spiro atoms. The third kappa shape index (κ3) is 3.92. The Kier molecular flexibility index (Phi) is 4.66. The van der Waals surface area contributed by atoms with Gasteiger partial charge in [0.05, 0.1) is 0 Å². The highest BCUT2D eigenvalue weighted by atomic mass is 32.1. The third-order valence-corrected chi connectivity index (χ3v) is 2.89. The van der Waals surface area contributed by atoms with Gasteiger partial charge in [0.2, 0.25) is 11.4 Å². The lowest BCUT2D eigenvalue weighted by Crippen LogP contribution is -2.28. The zero-order valence-corrected chi connectivity index (χ0v) is 12.0. The average Bonchev–Trinajstić information content (AvgIpc) is 2.65. The minimum absolute atomic E-state index is 0.0348. The molecule has 0 aliphatic rings. The molecule has 0 saturated carbocycles. The highest BCUT2D eigenvalue weighted by molar-refractivity contribution is 7.17. The van der Waals surface area contributed by atoms with E-state index in [1.807, 2.05) is 0 Å². The van der Waals surface area contributed by atoms with Gasteiger partial charge in [-0.2, -0.15) is 0 Å². The van der Waals surface area contributed by atoms with Crippen molar-refractivity contribution in [2.45, 2.75) is 32.4 Å². The molecular formula is C11H15N3O5S. The molecule has 1 aromatic rings. The molecule has 0 aliphatic carbocycles. The molecule has 1 atom stereocenters. The zero-order chi connectivity index (χ0) is 15.5. The highest BCUT2D eigenvalue weighted by Gasteiger charge is 2.28. The van der Waals surface area contributed by atoms with Crippen molar-refractivity contribution in [3.63, 3.8) is 0 Å². The number of hydrogen-bond acceptors (Lipinski definition) is 7. The number of aromatic nitrogens is 1.